The van der Waals surface area contributed by atoms with Gasteiger partial charge in [-0.2, -0.15) is 0 Å². The summed E-state index contributed by atoms with van der Waals surface area (Å²) in [5.41, 5.74) is 6.36. The van der Waals surface area contributed by atoms with Crippen LogP contribution >= 0.6 is 24.8 Å². The molecule has 0 spiro atoms. The van der Waals surface area contributed by atoms with Gasteiger partial charge >= 0.3 is 0 Å². The van der Waals surface area contributed by atoms with Crippen LogP contribution < -0.4 is 5.73 Å². The number of halogens is 2. The molecule has 0 atom stereocenters. The maximum Gasteiger partial charge on any atom is 0.263 e. The molecule has 1 aliphatic heterocycles. The van der Waals surface area contributed by atoms with E-state index in [4.69, 9.17) is 14.6 Å². The highest BCUT2D eigenvalue weighted by molar-refractivity contribution is 5.85. The van der Waals surface area contributed by atoms with Crippen LogP contribution in [0, 0.1) is 12.8 Å². The number of likely N-dealkylation sites (tertiary alicyclic amines) is 1. The fourth-order valence-corrected chi connectivity index (χ4v) is 2.77. The molecule has 2 aromatic heterocycles. The van der Waals surface area contributed by atoms with Crippen LogP contribution in [-0.2, 0) is 11.2 Å². The zero-order valence-corrected chi connectivity index (χ0v) is 15.2. The lowest BCUT2D eigenvalue weighted by atomic mass is 9.97. The van der Waals surface area contributed by atoms with E-state index in [1.807, 2.05) is 11.8 Å². The number of nitrogens with two attached hydrogens (primary N) is 1. The Hall–Kier alpha value is -1.50. The van der Waals surface area contributed by atoms with Crippen molar-refractivity contribution in [3.05, 3.63) is 29.9 Å². The van der Waals surface area contributed by atoms with Crippen LogP contribution in [0.2, 0.25) is 0 Å². The predicted octanol–water partition coefficient (Wildman–Crippen LogP) is 2.83. The van der Waals surface area contributed by atoms with E-state index in [-0.39, 0.29) is 37.1 Å². The summed E-state index contributed by atoms with van der Waals surface area (Å²) in [4.78, 5) is 18.7. The normalized spacial score (nSPS) is 14.8. The van der Waals surface area contributed by atoms with Crippen molar-refractivity contribution in [2.75, 3.05) is 19.6 Å². The number of furan rings is 1. The number of piperidine rings is 1. The van der Waals surface area contributed by atoms with Gasteiger partial charge in [-0.3, -0.25) is 4.79 Å². The fraction of sp³-hybridized carbons (Fsp3) is 0.500. The van der Waals surface area contributed by atoms with Crippen LogP contribution in [-0.4, -0.2) is 35.4 Å². The standard InChI is InChI=1S/C16H21N3O3.2ClH/c1-11-13(18-16(22-11)14-3-2-8-21-14)9-15(20)19-6-4-12(10-17)5-7-19;;/h2-3,8,12H,4-7,9-10,17H2,1H3;2*1H. The summed E-state index contributed by atoms with van der Waals surface area (Å²) >= 11 is 0. The molecule has 3 rings (SSSR count). The summed E-state index contributed by atoms with van der Waals surface area (Å²) in [6.07, 6.45) is 3.81. The number of oxazole rings is 1. The molecule has 0 aromatic carbocycles. The molecule has 0 aliphatic carbocycles. The summed E-state index contributed by atoms with van der Waals surface area (Å²) in [7, 11) is 0. The fourth-order valence-electron chi connectivity index (χ4n) is 2.77. The lowest BCUT2D eigenvalue weighted by molar-refractivity contribution is -0.131. The maximum absolute atomic E-state index is 12.4. The van der Waals surface area contributed by atoms with Gasteiger partial charge in [0.15, 0.2) is 5.76 Å². The quantitative estimate of drug-likeness (QED) is 0.887. The van der Waals surface area contributed by atoms with Crippen molar-refractivity contribution in [1.82, 2.24) is 9.88 Å². The van der Waals surface area contributed by atoms with Gasteiger partial charge in [-0.05, 0) is 44.4 Å². The molecule has 2 aromatic rings. The second-order valence-corrected chi connectivity index (χ2v) is 5.74. The van der Waals surface area contributed by atoms with Crippen molar-refractivity contribution in [1.29, 1.82) is 0 Å². The van der Waals surface area contributed by atoms with Gasteiger partial charge < -0.3 is 19.5 Å². The average Bonchev–Trinajstić information content (AvgIpc) is 3.18. The molecule has 1 fully saturated rings. The number of carbonyl (C=O) groups excluding carboxylic acids is 1. The topological polar surface area (TPSA) is 85.5 Å². The Labute approximate surface area is 153 Å². The molecule has 1 aliphatic rings. The molecule has 0 unspecified atom stereocenters. The third-order valence-corrected chi connectivity index (χ3v) is 4.24. The summed E-state index contributed by atoms with van der Waals surface area (Å²) in [5, 5.41) is 0. The summed E-state index contributed by atoms with van der Waals surface area (Å²) in [6.45, 7) is 4.09. The highest BCUT2D eigenvalue weighted by atomic mass is 35.5. The van der Waals surface area contributed by atoms with Gasteiger partial charge in [0, 0.05) is 13.1 Å². The molecular weight excluding hydrogens is 353 g/mol. The maximum atomic E-state index is 12.4. The second kappa shape index (κ2) is 9.11. The molecule has 0 saturated carbocycles. The number of rotatable bonds is 4. The van der Waals surface area contributed by atoms with E-state index in [1.165, 1.54) is 0 Å². The second-order valence-electron chi connectivity index (χ2n) is 5.74. The van der Waals surface area contributed by atoms with Gasteiger partial charge in [0.1, 0.15) is 5.76 Å². The van der Waals surface area contributed by atoms with Crippen molar-refractivity contribution < 1.29 is 13.6 Å². The highest BCUT2D eigenvalue weighted by Gasteiger charge is 2.24. The number of amides is 1. The van der Waals surface area contributed by atoms with Gasteiger partial charge in [-0.1, -0.05) is 0 Å². The van der Waals surface area contributed by atoms with Crippen LogP contribution in [0.25, 0.3) is 11.7 Å². The molecule has 0 radical (unpaired) electrons. The zero-order valence-electron chi connectivity index (χ0n) is 13.6. The van der Waals surface area contributed by atoms with Crippen molar-refractivity contribution in [3.63, 3.8) is 0 Å². The Morgan fingerprint density at radius 2 is 2.08 bits per heavy atom. The van der Waals surface area contributed by atoms with E-state index in [0.29, 0.717) is 35.6 Å². The van der Waals surface area contributed by atoms with Gasteiger partial charge in [0.2, 0.25) is 5.91 Å². The van der Waals surface area contributed by atoms with Gasteiger partial charge in [0.05, 0.1) is 18.4 Å². The van der Waals surface area contributed by atoms with E-state index in [9.17, 15) is 4.79 Å². The Balaban J connectivity index is 0.00000144. The van der Waals surface area contributed by atoms with Crippen LogP contribution in [0.3, 0.4) is 0 Å². The van der Waals surface area contributed by atoms with Crippen molar-refractivity contribution in [3.8, 4) is 11.7 Å². The Kier molecular flexibility index (Phi) is 7.79. The molecule has 24 heavy (non-hydrogen) atoms. The summed E-state index contributed by atoms with van der Waals surface area (Å²) in [6, 6.07) is 3.57. The van der Waals surface area contributed by atoms with Crippen molar-refractivity contribution in [2.24, 2.45) is 11.7 Å². The smallest absolute Gasteiger partial charge is 0.263 e. The third-order valence-electron chi connectivity index (χ3n) is 4.24. The van der Waals surface area contributed by atoms with E-state index in [2.05, 4.69) is 4.98 Å². The van der Waals surface area contributed by atoms with Crippen molar-refractivity contribution >= 4 is 30.7 Å². The Morgan fingerprint density at radius 1 is 1.38 bits per heavy atom. The number of carbonyl (C=O) groups is 1. The average molecular weight is 376 g/mol. The first kappa shape index (κ1) is 20.5. The van der Waals surface area contributed by atoms with Gasteiger partial charge in [-0.25, -0.2) is 4.98 Å². The van der Waals surface area contributed by atoms with E-state index in [1.54, 1.807) is 18.4 Å². The van der Waals surface area contributed by atoms with E-state index in [0.717, 1.165) is 25.9 Å². The minimum Gasteiger partial charge on any atom is -0.459 e. The molecule has 1 saturated heterocycles. The SMILES string of the molecule is Cc1oc(-c2ccco2)nc1CC(=O)N1CCC(CN)CC1.Cl.Cl. The number of hydrogen-bond acceptors (Lipinski definition) is 5. The summed E-state index contributed by atoms with van der Waals surface area (Å²) in [5.74, 6) is 2.30. The lowest BCUT2D eigenvalue weighted by Gasteiger charge is -2.31. The molecular formula is C16H23Cl2N3O3. The molecule has 3 heterocycles. The molecule has 2 N–H and O–H groups in total. The largest absolute Gasteiger partial charge is 0.459 e. The first-order valence-electron chi connectivity index (χ1n) is 7.65. The first-order valence-corrected chi connectivity index (χ1v) is 7.65. The highest BCUT2D eigenvalue weighted by Crippen LogP contribution is 2.23. The molecule has 1 amide bonds. The third kappa shape index (κ3) is 4.53. The molecule has 134 valence electrons. The summed E-state index contributed by atoms with van der Waals surface area (Å²) < 4.78 is 10.9. The number of hydrogen-bond donors (Lipinski definition) is 1. The van der Waals surface area contributed by atoms with Crippen LogP contribution in [0.4, 0.5) is 0 Å². The minimum atomic E-state index is 0. The molecule has 8 heteroatoms. The van der Waals surface area contributed by atoms with Gasteiger partial charge in [0.25, 0.3) is 5.89 Å². The molecule has 6 nitrogen and oxygen atoms in total. The minimum absolute atomic E-state index is 0. The van der Waals surface area contributed by atoms with E-state index >= 15 is 0 Å². The number of aryl methyl sites for hydroxylation is 1. The lowest BCUT2D eigenvalue weighted by Crippen LogP contribution is -2.40. The molecule has 0 bridgehead atoms. The number of aromatic nitrogens is 1. The first-order chi connectivity index (χ1) is 10.7. The zero-order chi connectivity index (χ0) is 15.5. The van der Waals surface area contributed by atoms with Crippen molar-refractivity contribution in [2.45, 2.75) is 26.2 Å². The van der Waals surface area contributed by atoms with E-state index < -0.39 is 0 Å². The van der Waals surface area contributed by atoms with Crippen LogP contribution in [0.5, 0.6) is 0 Å². The predicted molar refractivity (Wildman–Crippen MR) is 95.5 cm³/mol. The Bertz CT molecular complexity index is 635. The monoisotopic (exact) mass is 375 g/mol. The van der Waals surface area contributed by atoms with Gasteiger partial charge in [-0.15, -0.1) is 24.8 Å². The Morgan fingerprint density at radius 3 is 2.67 bits per heavy atom. The van der Waals surface area contributed by atoms with Crippen LogP contribution in [0.1, 0.15) is 24.3 Å². The van der Waals surface area contributed by atoms with Crippen LogP contribution in [0.15, 0.2) is 27.2 Å². The number of nitrogens with zero attached hydrogens (tertiary/aromatic N) is 2.